The number of nitrogens with zero attached hydrogens (tertiary/aromatic N) is 3. The standard InChI is InChI=1S/C4H7N3O2S/c1-7-3-5-6-4(7)2-10(8)9/h3H,2H2,1H3,(H,8,9)/p-1. The van der Waals surface area contributed by atoms with E-state index in [9.17, 15) is 8.76 Å². The van der Waals surface area contributed by atoms with Gasteiger partial charge in [-0.25, -0.2) is 0 Å². The Labute approximate surface area is 60.4 Å². The Bertz CT molecular complexity index is 246. The quantitative estimate of drug-likeness (QED) is 0.531. The van der Waals surface area contributed by atoms with E-state index >= 15 is 0 Å². The lowest BCUT2D eigenvalue weighted by atomic mass is 10.7. The van der Waals surface area contributed by atoms with Gasteiger partial charge in [-0.1, -0.05) is 0 Å². The van der Waals surface area contributed by atoms with Crippen LogP contribution >= 0.6 is 0 Å². The summed E-state index contributed by atoms with van der Waals surface area (Å²) < 4.78 is 21.8. The molecule has 0 radical (unpaired) electrons. The van der Waals surface area contributed by atoms with E-state index in [1.54, 1.807) is 11.6 Å². The van der Waals surface area contributed by atoms with Gasteiger partial charge in [0.2, 0.25) is 0 Å². The highest BCUT2D eigenvalue weighted by Gasteiger charge is 1.97. The lowest BCUT2D eigenvalue weighted by molar-refractivity contribution is 0.533. The van der Waals surface area contributed by atoms with Crippen LogP contribution in [0.3, 0.4) is 0 Å². The van der Waals surface area contributed by atoms with Gasteiger partial charge in [0.05, 0.1) is 5.75 Å². The van der Waals surface area contributed by atoms with E-state index < -0.39 is 11.1 Å². The minimum atomic E-state index is -2.08. The first-order valence-electron chi connectivity index (χ1n) is 2.59. The molecule has 10 heavy (non-hydrogen) atoms. The summed E-state index contributed by atoms with van der Waals surface area (Å²) in [5.41, 5.74) is 0. The van der Waals surface area contributed by atoms with E-state index in [1.807, 2.05) is 0 Å². The third-order valence-electron chi connectivity index (χ3n) is 1.05. The van der Waals surface area contributed by atoms with Crippen molar-refractivity contribution >= 4 is 11.1 Å². The molecule has 0 aliphatic rings. The zero-order chi connectivity index (χ0) is 7.56. The average Bonchev–Trinajstić information content (AvgIpc) is 2.15. The van der Waals surface area contributed by atoms with Crippen molar-refractivity contribution in [1.29, 1.82) is 0 Å². The molecule has 1 aromatic heterocycles. The van der Waals surface area contributed by atoms with Crippen molar-refractivity contribution in [2.75, 3.05) is 0 Å². The van der Waals surface area contributed by atoms with Gasteiger partial charge >= 0.3 is 0 Å². The fourth-order valence-electron chi connectivity index (χ4n) is 0.543. The predicted octanol–water partition coefficient (Wildman–Crippen LogP) is -0.806. The molecule has 0 aliphatic heterocycles. The Morgan fingerprint density at radius 3 is 3.00 bits per heavy atom. The van der Waals surface area contributed by atoms with Crippen molar-refractivity contribution < 1.29 is 8.76 Å². The molecule has 0 aliphatic carbocycles. The van der Waals surface area contributed by atoms with Gasteiger partial charge < -0.3 is 9.12 Å². The molecule has 0 N–H and O–H groups in total. The number of hydrogen-bond acceptors (Lipinski definition) is 4. The fourth-order valence-corrected chi connectivity index (χ4v) is 1.02. The smallest absolute Gasteiger partial charge is 0.143 e. The minimum Gasteiger partial charge on any atom is -0.772 e. The van der Waals surface area contributed by atoms with Crippen molar-refractivity contribution in [2.45, 2.75) is 5.75 Å². The second kappa shape index (κ2) is 2.89. The molecule has 1 aromatic rings. The van der Waals surface area contributed by atoms with Crippen LogP contribution in [0.2, 0.25) is 0 Å². The van der Waals surface area contributed by atoms with Crippen LogP contribution < -0.4 is 0 Å². The monoisotopic (exact) mass is 160 g/mol. The molecule has 56 valence electrons. The Hall–Kier alpha value is -0.750. The van der Waals surface area contributed by atoms with Crippen LogP contribution in [0.15, 0.2) is 6.33 Å². The average molecular weight is 160 g/mol. The van der Waals surface area contributed by atoms with Gasteiger partial charge in [-0.2, -0.15) is 0 Å². The molecule has 0 fully saturated rings. The number of rotatable bonds is 2. The number of aromatic nitrogens is 3. The summed E-state index contributed by atoms with van der Waals surface area (Å²) in [7, 11) is 1.70. The van der Waals surface area contributed by atoms with Crippen LogP contribution in [-0.4, -0.2) is 23.5 Å². The van der Waals surface area contributed by atoms with Crippen molar-refractivity contribution in [3.8, 4) is 0 Å². The molecule has 0 aromatic carbocycles. The van der Waals surface area contributed by atoms with Crippen LogP contribution in [-0.2, 0) is 23.9 Å². The Morgan fingerprint density at radius 1 is 1.90 bits per heavy atom. The van der Waals surface area contributed by atoms with Gasteiger partial charge in [-0.15, -0.1) is 10.2 Å². The van der Waals surface area contributed by atoms with E-state index in [2.05, 4.69) is 10.2 Å². The largest absolute Gasteiger partial charge is 0.772 e. The maximum absolute atomic E-state index is 10.1. The molecule has 0 amide bonds. The SMILES string of the molecule is Cn1cnnc1CS(=O)[O-]. The summed E-state index contributed by atoms with van der Waals surface area (Å²) in [6.07, 6.45) is 1.46. The summed E-state index contributed by atoms with van der Waals surface area (Å²) in [6, 6.07) is 0. The Balaban J connectivity index is 2.74. The normalized spacial score (nSPS) is 13.4. The lowest BCUT2D eigenvalue weighted by Gasteiger charge is -2.02. The van der Waals surface area contributed by atoms with E-state index in [4.69, 9.17) is 0 Å². The van der Waals surface area contributed by atoms with Crippen LogP contribution in [0, 0.1) is 0 Å². The maximum Gasteiger partial charge on any atom is 0.143 e. The summed E-state index contributed by atoms with van der Waals surface area (Å²) in [4.78, 5) is 0. The molecule has 1 heterocycles. The first kappa shape index (κ1) is 7.36. The molecule has 1 unspecified atom stereocenters. The minimum absolute atomic E-state index is 0.0729. The molecule has 6 heteroatoms. The van der Waals surface area contributed by atoms with Crippen LogP contribution in [0.5, 0.6) is 0 Å². The zero-order valence-corrected chi connectivity index (χ0v) is 6.17. The van der Waals surface area contributed by atoms with E-state index in [-0.39, 0.29) is 5.75 Å². The maximum atomic E-state index is 10.1. The summed E-state index contributed by atoms with van der Waals surface area (Å²) in [6.45, 7) is 0. The van der Waals surface area contributed by atoms with E-state index in [0.29, 0.717) is 5.82 Å². The van der Waals surface area contributed by atoms with Crippen molar-refractivity contribution in [1.82, 2.24) is 14.8 Å². The van der Waals surface area contributed by atoms with Gasteiger partial charge in [0.1, 0.15) is 12.2 Å². The highest BCUT2D eigenvalue weighted by Crippen LogP contribution is 1.93. The molecular formula is C4H6N3O2S-. The van der Waals surface area contributed by atoms with Crippen molar-refractivity contribution in [2.24, 2.45) is 7.05 Å². The van der Waals surface area contributed by atoms with E-state index in [0.717, 1.165) is 0 Å². The van der Waals surface area contributed by atoms with Crippen molar-refractivity contribution in [3.05, 3.63) is 12.2 Å². The molecule has 1 atom stereocenters. The van der Waals surface area contributed by atoms with Gasteiger partial charge in [0.15, 0.2) is 0 Å². The van der Waals surface area contributed by atoms with Gasteiger partial charge in [0, 0.05) is 7.05 Å². The second-order valence-corrected chi connectivity index (χ2v) is 2.70. The van der Waals surface area contributed by atoms with E-state index in [1.165, 1.54) is 6.33 Å². The van der Waals surface area contributed by atoms with Crippen LogP contribution in [0.1, 0.15) is 5.82 Å². The molecule has 1 rings (SSSR count). The topological polar surface area (TPSA) is 70.8 Å². The van der Waals surface area contributed by atoms with Crippen LogP contribution in [0.25, 0.3) is 0 Å². The highest BCUT2D eigenvalue weighted by atomic mass is 32.2. The van der Waals surface area contributed by atoms with Crippen molar-refractivity contribution in [3.63, 3.8) is 0 Å². The summed E-state index contributed by atoms with van der Waals surface area (Å²) >= 11 is -2.08. The first-order chi connectivity index (χ1) is 4.70. The third kappa shape index (κ3) is 1.61. The molecule has 0 saturated heterocycles. The van der Waals surface area contributed by atoms with Gasteiger partial charge in [-0.05, 0) is 11.1 Å². The molecular weight excluding hydrogens is 154 g/mol. The lowest BCUT2D eigenvalue weighted by Crippen LogP contribution is -2.01. The molecule has 0 spiro atoms. The number of aryl methyl sites for hydroxylation is 1. The molecule has 0 saturated carbocycles. The third-order valence-corrected chi connectivity index (χ3v) is 1.55. The summed E-state index contributed by atoms with van der Waals surface area (Å²) in [5.74, 6) is 0.379. The number of hydrogen-bond donors (Lipinski definition) is 0. The van der Waals surface area contributed by atoms with Gasteiger partial charge in [0.25, 0.3) is 0 Å². The summed E-state index contributed by atoms with van der Waals surface area (Å²) in [5, 5.41) is 7.09. The zero-order valence-electron chi connectivity index (χ0n) is 5.35. The predicted molar refractivity (Wildman–Crippen MR) is 33.6 cm³/mol. The molecule has 5 nitrogen and oxygen atoms in total. The molecule has 0 bridgehead atoms. The van der Waals surface area contributed by atoms with Crippen LogP contribution in [0.4, 0.5) is 0 Å². The van der Waals surface area contributed by atoms with Gasteiger partial charge in [-0.3, -0.25) is 4.21 Å². The second-order valence-electron chi connectivity index (χ2n) is 1.81. The first-order valence-corrected chi connectivity index (χ1v) is 3.83. The Kier molecular flexibility index (Phi) is 2.13. The fraction of sp³-hybridized carbons (Fsp3) is 0.500. The Morgan fingerprint density at radius 2 is 2.60 bits per heavy atom. The highest BCUT2D eigenvalue weighted by molar-refractivity contribution is 7.78.